The Hall–Kier alpha value is -3.91. The summed E-state index contributed by atoms with van der Waals surface area (Å²) in [6, 6.07) is 19.8. The van der Waals surface area contributed by atoms with E-state index < -0.39 is 23.8 Å². The number of aryl methyl sites for hydroxylation is 1. The van der Waals surface area contributed by atoms with E-state index in [9.17, 15) is 17.6 Å². The third-order valence-electron chi connectivity index (χ3n) is 5.92. The van der Waals surface area contributed by atoms with E-state index in [1.807, 2.05) is 36.4 Å². The van der Waals surface area contributed by atoms with Gasteiger partial charge in [-0.05, 0) is 35.7 Å². The van der Waals surface area contributed by atoms with Gasteiger partial charge in [0.25, 0.3) is 0 Å². The summed E-state index contributed by atoms with van der Waals surface area (Å²) in [6.07, 6.45) is 2.27. The Balaban J connectivity index is 0.00000387. The van der Waals surface area contributed by atoms with Gasteiger partial charge in [0.15, 0.2) is 0 Å². The van der Waals surface area contributed by atoms with Crippen LogP contribution in [0.2, 0.25) is 0 Å². The number of aromatic nitrogens is 5. The maximum absolute atomic E-state index is 14.8. The van der Waals surface area contributed by atoms with E-state index in [4.69, 9.17) is 4.98 Å². The summed E-state index contributed by atoms with van der Waals surface area (Å²) in [5, 5.41) is 0. The maximum atomic E-state index is 14.8. The predicted molar refractivity (Wildman–Crippen MR) is 143 cm³/mol. The van der Waals surface area contributed by atoms with Gasteiger partial charge in [0.2, 0.25) is 0 Å². The fourth-order valence-corrected chi connectivity index (χ4v) is 4.36. The zero-order valence-electron chi connectivity index (χ0n) is 22.5. The van der Waals surface area contributed by atoms with Gasteiger partial charge in [-0.2, -0.15) is 0 Å². The second kappa shape index (κ2) is 11.9. The summed E-state index contributed by atoms with van der Waals surface area (Å²) in [5.74, 6) is -3.16. The van der Waals surface area contributed by atoms with Crippen LogP contribution in [0.15, 0.2) is 60.8 Å². The predicted octanol–water partition coefficient (Wildman–Crippen LogP) is 7.15. The Bertz CT molecular complexity index is 1680. The van der Waals surface area contributed by atoms with Crippen molar-refractivity contribution in [1.29, 1.82) is 0 Å². The number of hydrogen-bond donors (Lipinski definition) is 0. The first kappa shape index (κ1) is 30.1. The molecular formula is C30H24F4N6Pt. The van der Waals surface area contributed by atoms with Crippen LogP contribution in [0.4, 0.5) is 34.9 Å². The number of rotatable bonds is 6. The summed E-state index contributed by atoms with van der Waals surface area (Å²) >= 11 is 0. The molecule has 0 aliphatic heterocycles. The SMILES string of the molecule is Cn1cc(N(c2ccccc2)c2cc(CC(C)(C)C)cc(-c3[c-]cc(F)nc3F)n2)nc1-c1[c-]cc(F)nc1F.[Pt+2]. The molecule has 41 heavy (non-hydrogen) atoms. The summed E-state index contributed by atoms with van der Waals surface area (Å²) in [7, 11) is 1.66. The first-order chi connectivity index (χ1) is 19.0. The monoisotopic (exact) mass is 739 g/mol. The van der Waals surface area contributed by atoms with Gasteiger partial charge in [0.05, 0.1) is 5.82 Å². The molecule has 0 bridgehead atoms. The Morgan fingerprint density at radius 1 is 0.805 bits per heavy atom. The smallest absolute Gasteiger partial charge is 0.371 e. The molecule has 5 rings (SSSR count). The van der Waals surface area contributed by atoms with Crippen molar-refractivity contribution in [3.63, 3.8) is 0 Å². The minimum atomic E-state index is -1.05. The van der Waals surface area contributed by atoms with E-state index in [2.05, 4.69) is 47.9 Å². The fourth-order valence-electron chi connectivity index (χ4n) is 4.36. The molecule has 4 heterocycles. The van der Waals surface area contributed by atoms with Gasteiger partial charge < -0.3 is 4.57 Å². The standard InChI is InChI=1S/C30H24F4N6.Pt/c1-30(2,3)16-18-14-22(20-10-12-23(31)36-27(20)33)35-25(15-18)40(19-8-6-5-7-9-19)26-17-39(4)29(38-26)21-11-13-24(32)37-28(21)34;/h5-9,12-15,17H,16H2,1-4H3;/q-2;+2. The topological polar surface area (TPSA) is 59.7 Å². The summed E-state index contributed by atoms with van der Waals surface area (Å²) in [5.41, 5.74) is 1.40. The third-order valence-corrected chi connectivity index (χ3v) is 5.92. The minimum absolute atomic E-state index is 0. The molecule has 6 nitrogen and oxygen atoms in total. The second-order valence-corrected chi connectivity index (χ2v) is 10.4. The van der Waals surface area contributed by atoms with E-state index in [0.29, 0.717) is 23.7 Å². The normalized spacial score (nSPS) is 11.3. The molecule has 212 valence electrons. The average Bonchev–Trinajstić information content (AvgIpc) is 3.24. The van der Waals surface area contributed by atoms with Crippen molar-refractivity contribution in [2.45, 2.75) is 27.2 Å². The van der Waals surface area contributed by atoms with Crippen LogP contribution in [-0.4, -0.2) is 24.5 Å². The molecule has 0 saturated carbocycles. The van der Waals surface area contributed by atoms with Gasteiger partial charge in [0.1, 0.15) is 35.4 Å². The largest absolute Gasteiger partial charge is 2.00 e. The number of benzene rings is 1. The van der Waals surface area contributed by atoms with Gasteiger partial charge >= 0.3 is 21.1 Å². The number of imidazole rings is 1. The fraction of sp³-hybridized carbons (Fsp3) is 0.200. The van der Waals surface area contributed by atoms with E-state index in [1.165, 1.54) is 0 Å². The van der Waals surface area contributed by atoms with Crippen molar-refractivity contribution in [1.82, 2.24) is 24.5 Å². The van der Waals surface area contributed by atoms with Gasteiger partial charge in [0, 0.05) is 18.9 Å². The zero-order chi connectivity index (χ0) is 28.6. The summed E-state index contributed by atoms with van der Waals surface area (Å²) in [6.45, 7) is 6.21. The van der Waals surface area contributed by atoms with Crippen molar-refractivity contribution in [2.75, 3.05) is 4.90 Å². The first-order valence-electron chi connectivity index (χ1n) is 12.4. The van der Waals surface area contributed by atoms with Crippen LogP contribution in [0.5, 0.6) is 0 Å². The molecule has 0 aliphatic carbocycles. The molecule has 4 aromatic heterocycles. The molecule has 0 fully saturated rings. The first-order valence-corrected chi connectivity index (χ1v) is 12.4. The number of nitrogens with zero attached hydrogens (tertiary/aromatic N) is 6. The van der Waals surface area contributed by atoms with Crippen molar-refractivity contribution in [3.8, 4) is 22.6 Å². The van der Waals surface area contributed by atoms with Gasteiger partial charge in [-0.25, -0.2) is 17.6 Å². The van der Waals surface area contributed by atoms with Crippen LogP contribution in [0.3, 0.4) is 0 Å². The van der Waals surface area contributed by atoms with Crippen LogP contribution in [0.25, 0.3) is 22.6 Å². The van der Waals surface area contributed by atoms with E-state index in [0.717, 1.165) is 17.7 Å². The zero-order valence-corrected chi connectivity index (χ0v) is 24.8. The van der Waals surface area contributed by atoms with Gasteiger partial charge in [-0.3, -0.25) is 24.8 Å². The Morgan fingerprint density at radius 2 is 1.41 bits per heavy atom. The summed E-state index contributed by atoms with van der Waals surface area (Å²) in [4.78, 5) is 17.6. The summed E-state index contributed by atoms with van der Waals surface area (Å²) < 4.78 is 57.9. The molecule has 11 heteroatoms. The molecule has 1 aromatic carbocycles. The van der Waals surface area contributed by atoms with E-state index in [1.54, 1.807) is 28.8 Å². The van der Waals surface area contributed by atoms with Crippen molar-refractivity contribution < 1.29 is 38.6 Å². The Kier molecular flexibility index (Phi) is 8.73. The molecule has 5 aromatic rings. The molecule has 0 N–H and O–H groups in total. The molecule has 0 aliphatic rings. The van der Waals surface area contributed by atoms with Crippen molar-refractivity contribution >= 4 is 17.3 Å². The number of halogens is 4. The third kappa shape index (κ3) is 6.70. The maximum Gasteiger partial charge on any atom is 2.00 e. The molecule has 0 atom stereocenters. The number of anilines is 3. The number of hydrogen-bond acceptors (Lipinski definition) is 5. The minimum Gasteiger partial charge on any atom is -0.371 e. The Morgan fingerprint density at radius 3 is 2.00 bits per heavy atom. The van der Waals surface area contributed by atoms with Crippen molar-refractivity contribution in [2.24, 2.45) is 12.5 Å². The van der Waals surface area contributed by atoms with Crippen LogP contribution < -0.4 is 4.90 Å². The van der Waals surface area contributed by atoms with E-state index >= 15 is 0 Å². The van der Waals surface area contributed by atoms with Crippen LogP contribution >= 0.6 is 0 Å². The molecule has 0 radical (unpaired) electrons. The second-order valence-electron chi connectivity index (χ2n) is 10.4. The molecule has 0 unspecified atom stereocenters. The van der Waals surface area contributed by atoms with Crippen molar-refractivity contribution in [3.05, 3.63) is 102 Å². The average molecular weight is 740 g/mol. The van der Waals surface area contributed by atoms with Crippen LogP contribution in [0.1, 0.15) is 26.3 Å². The number of para-hydroxylation sites is 1. The quantitative estimate of drug-likeness (QED) is 0.105. The molecule has 0 spiro atoms. The Labute approximate surface area is 249 Å². The molecular weight excluding hydrogens is 715 g/mol. The van der Waals surface area contributed by atoms with Gasteiger partial charge in [-0.15, -0.1) is 12.1 Å². The molecule has 0 saturated heterocycles. The van der Waals surface area contributed by atoms with E-state index in [-0.39, 0.29) is 49.1 Å². The van der Waals surface area contributed by atoms with Crippen LogP contribution in [0, 0.1) is 41.3 Å². The number of pyridine rings is 3. The van der Waals surface area contributed by atoms with Crippen LogP contribution in [-0.2, 0) is 34.5 Å². The van der Waals surface area contributed by atoms with Gasteiger partial charge in [-0.1, -0.05) is 73.9 Å². The molecule has 0 amide bonds.